The van der Waals surface area contributed by atoms with Crippen molar-refractivity contribution >= 4 is 23.1 Å². The molecule has 0 saturated carbocycles. The third-order valence-electron chi connectivity index (χ3n) is 2.48. The first-order valence-corrected chi connectivity index (χ1v) is 7.18. The molecule has 1 aliphatic rings. The summed E-state index contributed by atoms with van der Waals surface area (Å²) >= 11 is 0.978. The van der Waals surface area contributed by atoms with Crippen molar-refractivity contribution in [3.8, 4) is 0 Å². The summed E-state index contributed by atoms with van der Waals surface area (Å²) in [6.45, 7) is 6.53. The Kier molecular flexibility index (Phi) is 6.09. The van der Waals surface area contributed by atoms with E-state index < -0.39 is 17.1 Å². The first-order valence-electron chi connectivity index (χ1n) is 6.30. The first-order chi connectivity index (χ1) is 9.24. The molecule has 0 aromatic carbocycles. The van der Waals surface area contributed by atoms with Crippen LogP contribution in [0.15, 0.2) is 0 Å². The number of hydroxylamine groups is 2. The minimum absolute atomic E-state index is 0.285. The Bertz CT molecular complexity index is 358. The maximum atomic E-state index is 12.1. The standard InChI is InChI=1S/C12H22N2O5S/c1-12(2,3)19-10(15)14-6-7-18-8-9(14)20-11(16)13(4)17-5/h9H,6-8H2,1-5H3/t9-/m1/s1. The van der Waals surface area contributed by atoms with E-state index in [0.29, 0.717) is 13.2 Å². The highest BCUT2D eigenvalue weighted by molar-refractivity contribution is 8.14. The van der Waals surface area contributed by atoms with E-state index in [1.807, 2.05) is 0 Å². The summed E-state index contributed by atoms with van der Waals surface area (Å²) in [4.78, 5) is 30.3. The van der Waals surface area contributed by atoms with Gasteiger partial charge in [-0.2, -0.15) is 0 Å². The molecule has 0 aliphatic carbocycles. The number of ether oxygens (including phenoxy) is 2. The van der Waals surface area contributed by atoms with Crippen molar-refractivity contribution in [2.24, 2.45) is 0 Å². The van der Waals surface area contributed by atoms with Crippen LogP contribution in [0, 0.1) is 0 Å². The molecule has 1 heterocycles. The lowest BCUT2D eigenvalue weighted by atomic mass is 10.2. The fourth-order valence-corrected chi connectivity index (χ4v) is 2.41. The Morgan fingerprint density at radius 3 is 2.60 bits per heavy atom. The number of carbonyl (C=O) groups is 2. The van der Waals surface area contributed by atoms with Crippen LogP contribution in [0.4, 0.5) is 9.59 Å². The Hall–Kier alpha value is -0.990. The number of hydrogen-bond donors (Lipinski definition) is 0. The zero-order valence-corrected chi connectivity index (χ0v) is 13.4. The average Bonchev–Trinajstić information content (AvgIpc) is 2.36. The van der Waals surface area contributed by atoms with Crippen molar-refractivity contribution in [2.75, 3.05) is 33.9 Å². The molecule has 0 bridgehead atoms. The van der Waals surface area contributed by atoms with Crippen LogP contribution in [-0.4, -0.2) is 66.2 Å². The van der Waals surface area contributed by atoms with E-state index in [-0.39, 0.29) is 11.8 Å². The Morgan fingerprint density at radius 1 is 1.40 bits per heavy atom. The smallest absolute Gasteiger partial charge is 0.411 e. The van der Waals surface area contributed by atoms with Gasteiger partial charge in [-0.05, 0) is 32.5 Å². The number of morpholine rings is 1. The van der Waals surface area contributed by atoms with Crippen LogP contribution in [0.5, 0.6) is 0 Å². The zero-order chi connectivity index (χ0) is 15.3. The highest BCUT2D eigenvalue weighted by Gasteiger charge is 2.33. The predicted octanol–water partition coefficient (Wildman–Crippen LogP) is 1.93. The highest BCUT2D eigenvalue weighted by atomic mass is 32.2. The van der Waals surface area contributed by atoms with Gasteiger partial charge in [0.2, 0.25) is 0 Å². The molecule has 0 radical (unpaired) electrons. The molecule has 0 aromatic heterocycles. The summed E-state index contributed by atoms with van der Waals surface area (Å²) < 4.78 is 10.7. The molecular formula is C12H22N2O5S. The Balaban J connectivity index is 2.67. The van der Waals surface area contributed by atoms with Crippen molar-refractivity contribution in [1.29, 1.82) is 0 Å². The Labute approximate surface area is 123 Å². The van der Waals surface area contributed by atoms with Gasteiger partial charge < -0.3 is 9.47 Å². The van der Waals surface area contributed by atoms with Gasteiger partial charge in [-0.1, -0.05) is 0 Å². The van der Waals surface area contributed by atoms with Crippen LogP contribution in [0.25, 0.3) is 0 Å². The van der Waals surface area contributed by atoms with Crippen LogP contribution in [-0.2, 0) is 14.3 Å². The first kappa shape index (κ1) is 17.1. The second-order valence-electron chi connectivity index (χ2n) is 5.27. The number of rotatable bonds is 2. The molecule has 1 rings (SSSR count). The molecule has 2 amide bonds. The fraction of sp³-hybridized carbons (Fsp3) is 0.833. The number of hydrogen-bond acceptors (Lipinski definition) is 6. The maximum absolute atomic E-state index is 12.1. The molecule has 1 fully saturated rings. The Morgan fingerprint density at radius 2 is 2.05 bits per heavy atom. The van der Waals surface area contributed by atoms with E-state index in [1.165, 1.54) is 19.1 Å². The average molecular weight is 306 g/mol. The fourth-order valence-electron chi connectivity index (χ4n) is 1.47. The lowest BCUT2D eigenvalue weighted by molar-refractivity contribution is -0.0552. The van der Waals surface area contributed by atoms with Gasteiger partial charge in [0.15, 0.2) is 0 Å². The third-order valence-corrected chi connectivity index (χ3v) is 3.60. The molecular weight excluding hydrogens is 284 g/mol. The van der Waals surface area contributed by atoms with Gasteiger partial charge in [0, 0.05) is 13.6 Å². The normalized spacial score (nSPS) is 19.6. The summed E-state index contributed by atoms with van der Waals surface area (Å²) in [5.74, 6) is 0. The van der Waals surface area contributed by atoms with Crippen LogP contribution in [0.1, 0.15) is 20.8 Å². The lowest BCUT2D eigenvalue weighted by Gasteiger charge is -2.35. The van der Waals surface area contributed by atoms with E-state index in [9.17, 15) is 9.59 Å². The van der Waals surface area contributed by atoms with Crippen molar-refractivity contribution < 1.29 is 23.9 Å². The molecule has 1 aliphatic heterocycles. The van der Waals surface area contributed by atoms with Gasteiger partial charge in [-0.3, -0.25) is 14.5 Å². The number of thioether (sulfide) groups is 1. The molecule has 1 saturated heterocycles. The minimum Gasteiger partial charge on any atom is -0.444 e. The molecule has 116 valence electrons. The van der Waals surface area contributed by atoms with Gasteiger partial charge >= 0.3 is 11.3 Å². The van der Waals surface area contributed by atoms with Crippen LogP contribution in [0.3, 0.4) is 0 Å². The topological polar surface area (TPSA) is 68.3 Å². The lowest BCUT2D eigenvalue weighted by Crippen LogP contribution is -2.49. The van der Waals surface area contributed by atoms with Crippen LogP contribution >= 0.6 is 11.8 Å². The van der Waals surface area contributed by atoms with Crippen molar-refractivity contribution in [1.82, 2.24) is 9.96 Å². The highest BCUT2D eigenvalue weighted by Crippen LogP contribution is 2.24. The van der Waals surface area contributed by atoms with Gasteiger partial charge in [-0.25, -0.2) is 9.86 Å². The molecule has 7 nitrogen and oxygen atoms in total. The van der Waals surface area contributed by atoms with Crippen molar-refractivity contribution in [3.63, 3.8) is 0 Å². The van der Waals surface area contributed by atoms with Crippen LogP contribution < -0.4 is 0 Å². The van der Waals surface area contributed by atoms with E-state index in [4.69, 9.17) is 14.3 Å². The second kappa shape index (κ2) is 7.14. The van der Waals surface area contributed by atoms with Crippen molar-refractivity contribution in [2.45, 2.75) is 31.7 Å². The number of carbonyl (C=O) groups excluding carboxylic acids is 2. The molecule has 0 N–H and O–H groups in total. The van der Waals surface area contributed by atoms with E-state index >= 15 is 0 Å². The van der Waals surface area contributed by atoms with Gasteiger partial charge in [0.1, 0.15) is 11.0 Å². The number of nitrogens with zero attached hydrogens (tertiary/aromatic N) is 2. The number of amides is 2. The zero-order valence-electron chi connectivity index (χ0n) is 12.5. The SMILES string of the molecule is CON(C)C(=O)S[C@@H]1COCCN1C(=O)OC(C)(C)C. The molecule has 1 atom stereocenters. The molecule has 20 heavy (non-hydrogen) atoms. The summed E-state index contributed by atoms with van der Waals surface area (Å²) in [5, 5.41) is 0.396. The van der Waals surface area contributed by atoms with Gasteiger partial charge in [0.25, 0.3) is 0 Å². The predicted molar refractivity (Wildman–Crippen MR) is 75.3 cm³/mol. The second-order valence-corrected chi connectivity index (χ2v) is 6.40. The molecule has 0 unspecified atom stereocenters. The molecule has 8 heteroatoms. The molecule has 0 aromatic rings. The minimum atomic E-state index is -0.571. The largest absolute Gasteiger partial charge is 0.444 e. The summed E-state index contributed by atoms with van der Waals surface area (Å²) in [6.07, 6.45) is -0.439. The quantitative estimate of drug-likeness (QED) is 0.726. The summed E-state index contributed by atoms with van der Waals surface area (Å²) in [7, 11) is 2.91. The van der Waals surface area contributed by atoms with E-state index in [0.717, 1.165) is 16.8 Å². The summed E-state index contributed by atoms with van der Waals surface area (Å²) in [5.41, 5.74) is -0.571. The van der Waals surface area contributed by atoms with Gasteiger partial charge in [0.05, 0.1) is 20.3 Å². The van der Waals surface area contributed by atoms with E-state index in [2.05, 4.69) is 0 Å². The van der Waals surface area contributed by atoms with Gasteiger partial charge in [-0.15, -0.1) is 0 Å². The summed E-state index contributed by atoms with van der Waals surface area (Å²) in [6, 6.07) is 0. The molecule has 0 spiro atoms. The van der Waals surface area contributed by atoms with Crippen molar-refractivity contribution in [3.05, 3.63) is 0 Å². The van der Waals surface area contributed by atoms with Crippen LogP contribution in [0.2, 0.25) is 0 Å². The monoisotopic (exact) mass is 306 g/mol. The maximum Gasteiger partial charge on any atom is 0.411 e. The van der Waals surface area contributed by atoms with E-state index in [1.54, 1.807) is 20.8 Å². The third kappa shape index (κ3) is 5.18.